The highest BCUT2D eigenvalue weighted by Gasteiger charge is 2.23. The summed E-state index contributed by atoms with van der Waals surface area (Å²) in [6.45, 7) is 7.10. The Labute approximate surface area is 163 Å². The van der Waals surface area contributed by atoms with Gasteiger partial charge in [0.2, 0.25) is 5.78 Å². The van der Waals surface area contributed by atoms with E-state index >= 15 is 0 Å². The van der Waals surface area contributed by atoms with Gasteiger partial charge in [0.15, 0.2) is 6.10 Å². The minimum absolute atomic E-state index is 0.246. The smallest absolute Gasteiger partial charge is 0.329 e. The molecule has 3 rings (SSSR count). The molecule has 0 radical (unpaired) electrons. The topological polar surface area (TPSA) is 70.3 Å². The van der Waals surface area contributed by atoms with E-state index in [1.807, 2.05) is 45.0 Å². The average Bonchev–Trinajstić information content (AvgIpc) is 2.89. The van der Waals surface area contributed by atoms with Crippen LogP contribution in [0.25, 0.3) is 11.0 Å². The van der Waals surface area contributed by atoms with Crippen molar-refractivity contribution in [3.63, 3.8) is 0 Å². The van der Waals surface area contributed by atoms with Crippen LogP contribution in [0.5, 0.6) is 0 Å². The van der Waals surface area contributed by atoms with Gasteiger partial charge in [-0.1, -0.05) is 18.2 Å². The summed E-state index contributed by atoms with van der Waals surface area (Å²) in [5.74, 6) is -0.875. The van der Waals surface area contributed by atoms with Crippen LogP contribution in [0.15, 0.2) is 41.2 Å². The first-order valence-corrected chi connectivity index (χ1v) is 9.16. The molecule has 2 aromatic carbocycles. The fourth-order valence-corrected chi connectivity index (χ4v) is 3.38. The zero-order chi connectivity index (χ0) is 20.6. The Morgan fingerprint density at radius 2 is 1.61 bits per heavy atom. The van der Waals surface area contributed by atoms with E-state index in [0.717, 1.165) is 22.2 Å². The molecule has 6 nitrogen and oxygen atoms in total. The van der Waals surface area contributed by atoms with E-state index < -0.39 is 12.1 Å². The predicted octanol–water partition coefficient (Wildman–Crippen LogP) is 3.08. The molecule has 0 saturated heterocycles. The summed E-state index contributed by atoms with van der Waals surface area (Å²) in [6, 6.07) is 11.0. The second-order valence-electron chi connectivity index (χ2n) is 7.16. The molecule has 0 spiro atoms. The second-order valence-corrected chi connectivity index (χ2v) is 7.16. The summed E-state index contributed by atoms with van der Waals surface area (Å²) in [4.78, 5) is 37.6. The Morgan fingerprint density at radius 3 is 2.29 bits per heavy atom. The third-order valence-electron chi connectivity index (χ3n) is 5.12. The van der Waals surface area contributed by atoms with Crippen LogP contribution in [-0.4, -0.2) is 27.0 Å². The quantitative estimate of drug-likeness (QED) is 0.504. The molecule has 0 fully saturated rings. The first kappa shape index (κ1) is 19.6. The van der Waals surface area contributed by atoms with Crippen molar-refractivity contribution < 1.29 is 14.3 Å². The molecule has 0 saturated carbocycles. The van der Waals surface area contributed by atoms with Gasteiger partial charge in [0, 0.05) is 12.6 Å². The van der Waals surface area contributed by atoms with E-state index in [1.165, 1.54) is 9.13 Å². The van der Waals surface area contributed by atoms with E-state index in [4.69, 9.17) is 4.74 Å². The standard InChI is InChI=1S/C22H24N2O4/c1-13-10-15(3)17(11-14(13)2)21(26)16(4)28-20(25)12-24-19-9-7-6-8-18(19)23(5)22(24)27/h6-11,16H,12H2,1-5H3. The van der Waals surface area contributed by atoms with Crippen molar-refractivity contribution in [1.82, 2.24) is 9.13 Å². The highest BCUT2D eigenvalue weighted by Crippen LogP contribution is 2.18. The lowest BCUT2D eigenvalue weighted by Gasteiger charge is -2.15. The molecule has 6 heteroatoms. The zero-order valence-electron chi connectivity index (χ0n) is 16.8. The zero-order valence-corrected chi connectivity index (χ0v) is 16.8. The molecular weight excluding hydrogens is 356 g/mol. The Balaban J connectivity index is 1.79. The number of aryl methyl sites for hydroxylation is 4. The lowest BCUT2D eigenvalue weighted by atomic mass is 9.96. The molecule has 1 heterocycles. The number of nitrogens with zero attached hydrogens (tertiary/aromatic N) is 2. The van der Waals surface area contributed by atoms with Gasteiger partial charge >= 0.3 is 11.7 Å². The second kappa shape index (κ2) is 7.46. The number of ether oxygens (including phenoxy) is 1. The summed E-state index contributed by atoms with van der Waals surface area (Å²) in [5, 5.41) is 0. The van der Waals surface area contributed by atoms with Crippen molar-refractivity contribution in [1.29, 1.82) is 0 Å². The molecule has 0 aliphatic carbocycles. The van der Waals surface area contributed by atoms with Gasteiger partial charge in [0.25, 0.3) is 0 Å². The molecule has 1 aromatic heterocycles. The maximum absolute atomic E-state index is 12.8. The van der Waals surface area contributed by atoms with Crippen LogP contribution < -0.4 is 5.69 Å². The monoisotopic (exact) mass is 380 g/mol. The van der Waals surface area contributed by atoms with Crippen molar-refractivity contribution in [3.05, 3.63) is 69.1 Å². The minimum Gasteiger partial charge on any atom is -0.453 e. The first-order chi connectivity index (χ1) is 13.2. The molecule has 0 aliphatic heterocycles. The van der Waals surface area contributed by atoms with E-state index in [1.54, 1.807) is 26.1 Å². The van der Waals surface area contributed by atoms with Crippen molar-refractivity contribution in [2.24, 2.45) is 7.05 Å². The third-order valence-corrected chi connectivity index (χ3v) is 5.12. The number of Topliss-reactive ketones (excluding diaryl/α,β-unsaturated/α-hetero) is 1. The van der Waals surface area contributed by atoms with Crippen LogP contribution in [0.2, 0.25) is 0 Å². The maximum Gasteiger partial charge on any atom is 0.329 e. The molecule has 146 valence electrons. The van der Waals surface area contributed by atoms with Gasteiger partial charge < -0.3 is 4.74 Å². The molecule has 1 atom stereocenters. The maximum atomic E-state index is 12.8. The molecule has 1 unspecified atom stereocenters. The largest absolute Gasteiger partial charge is 0.453 e. The normalized spacial score (nSPS) is 12.2. The number of hydrogen-bond donors (Lipinski definition) is 0. The fraction of sp³-hybridized carbons (Fsp3) is 0.318. The molecule has 3 aromatic rings. The molecule has 0 amide bonds. The summed E-state index contributed by atoms with van der Waals surface area (Å²) >= 11 is 0. The van der Waals surface area contributed by atoms with Crippen LogP contribution in [0.3, 0.4) is 0 Å². The van der Waals surface area contributed by atoms with Crippen LogP contribution in [-0.2, 0) is 23.1 Å². The number of ketones is 1. The number of carbonyl (C=O) groups is 2. The predicted molar refractivity (Wildman–Crippen MR) is 108 cm³/mol. The van der Waals surface area contributed by atoms with E-state index in [0.29, 0.717) is 11.1 Å². The van der Waals surface area contributed by atoms with E-state index in [-0.39, 0.29) is 18.0 Å². The summed E-state index contributed by atoms with van der Waals surface area (Å²) in [5.41, 5.74) is 4.59. The molecular formula is C22H24N2O4. The van der Waals surface area contributed by atoms with Crippen molar-refractivity contribution >= 4 is 22.8 Å². The Morgan fingerprint density at radius 1 is 1.00 bits per heavy atom. The van der Waals surface area contributed by atoms with Crippen molar-refractivity contribution in [2.75, 3.05) is 0 Å². The number of fused-ring (bicyclic) bond motifs is 1. The minimum atomic E-state index is -0.931. The van der Waals surface area contributed by atoms with Gasteiger partial charge in [-0.15, -0.1) is 0 Å². The van der Waals surface area contributed by atoms with Crippen LogP contribution in [0.4, 0.5) is 0 Å². The van der Waals surface area contributed by atoms with Gasteiger partial charge in [0.1, 0.15) is 6.54 Å². The number of hydrogen-bond acceptors (Lipinski definition) is 4. The number of para-hydroxylation sites is 2. The molecule has 28 heavy (non-hydrogen) atoms. The number of rotatable bonds is 5. The highest BCUT2D eigenvalue weighted by atomic mass is 16.5. The molecule has 0 N–H and O–H groups in total. The summed E-state index contributed by atoms with van der Waals surface area (Å²) in [7, 11) is 1.65. The van der Waals surface area contributed by atoms with Gasteiger partial charge in [-0.3, -0.25) is 18.7 Å². The van der Waals surface area contributed by atoms with E-state index in [9.17, 15) is 14.4 Å². The Bertz CT molecular complexity index is 1140. The lowest BCUT2D eigenvalue weighted by Crippen LogP contribution is -2.30. The molecule has 0 bridgehead atoms. The van der Waals surface area contributed by atoms with Gasteiger partial charge in [-0.25, -0.2) is 4.79 Å². The van der Waals surface area contributed by atoms with Gasteiger partial charge in [0.05, 0.1) is 11.0 Å². The summed E-state index contributed by atoms with van der Waals surface area (Å²) in [6.07, 6.45) is -0.931. The number of benzene rings is 2. The van der Waals surface area contributed by atoms with Crippen molar-refractivity contribution in [3.8, 4) is 0 Å². The SMILES string of the molecule is Cc1cc(C)c(C(=O)C(C)OC(=O)Cn2c(=O)n(C)c3ccccc32)cc1C. The first-order valence-electron chi connectivity index (χ1n) is 9.16. The lowest BCUT2D eigenvalue weighted by molar-refractivity contribution is -0.147. The van der Waals surface area contributed by atoms with Gasteiger partial charge in [-0.2, -0.15) is 0 Å². The highest BCUT2D eigenvalue weighted by molar-refractivity contribution is 6.01. The third kappa shape index (κ3) is 3.50. The fourth-order valence-electron chi connectivity index (χ4n) is 3.38. The van der Waals surface area contributed by atoms with Crippen LogP contribution in [0, 0.1) is 20.8 Å². The Hall–Kier alpha value is -3.15. The number of imidazole rings is 1. The average molecular weight is 380 g/mol. The van der Waals surface area contributed by atoms with Crippen LogP contribution >= 0.6 is 0 Å². The van der Waals surface area contributed by atoms with Crippen molar-refractivity contribution in [2.45, 2.75) is 40.3 Å². The molecule has 0 aliphatic rings. The number of carbonyl (C=O) groups excluding carboxylic acids is 2. The number of esters is 1. The Kier molecular flexibility index (Phi) is 5.23. The summed E-state index contributed by atoms with van der Waals surface area (Å²) < 4.78 is 8.19. The van der Waals surface area contributed by atoms with Gasteiger partial charge in [-0.05, 0) is 62.6 Å². The van der Waals surface area contributed by atoms with E-state index in [2.05, 4.69) is 0 Å². The van der Waals surface area contributed by atoms with Crippen LogP contribution in [0.1, 0.15) is 34.0 Å². The number of aromatic nitrogens is 2.